The lowest BCUT2D eigenvalue weighted by molar-refractivity contribution is -0.0423. The van der Waals surface area contributed by atoms with Crippen molar-refractivity contribution in [3.05, 3.63) is 64.1 Å². The molecule has 176 valence electrons. The molecule has 0 aliphatic carbocycles. The predicted octanol–water partition coefficient (Wildman–Crippen LogP) is 0.194. The van der Waals surface area contributed by atoms with Crippen LogP contribution in [0, 0.1) is 0 Å². The quantitative estimate of drug-likeness (QED) is 0.239. The molecule has 0 spiro atoms. The van der Waals surface area contributed by atoms with Gasteiger partial charge in [0.15, 0.2) is 11.4 Å². The number of aromatic nitrogens is 2. The molecular weight excluding hydrogens is 468 g/mol. The number of aliphatic hydroxyl groups excluding tert-OH is 1. The second-order valence-corrected chi connectivity index (χ2v) is 11.1. The molecule has 3 rings (SSSR count). The second-order valence-electron chi connectivity index (χ2n) is 7.06. The monoisotopic (exact) mass is 491 g/mol. The summed E-state index contributed by atoms with van der Waals surface area (Å²) in [7, 11) is -9.36. The number of aliphatic hydroxyl groups is 1. The van der Waals surface area contributed by atoms with Crippen molar-refractivity contribution in [2.24, 2.45) is 5.16 Å². The smallest absolute Gasteiger partial charge is 0.340 e. The maximum atomic E-state index is 12.4. The van der Waals surface area contributed by atoms with Crippen LogP contribution in [0.2, 0.25) is 0 Å². The maximum Gasteiger partial charge on any atom is 0.340 e. The summed E-state index contributed by atoms with van der Waals surface area (Å²) in [5.41, 5.74) is 0.473. The molecular formula is C17H23N3O10P2. The summed E-state index contributed by atoms with van der Waals surface area (Å²) in [6, 6.07) is 10.8. The average molecular weight is 491 g/mol. The largest absolute Gasteiger partial charge is 0.390 e. The van der Waals surface area contributed by atoms with Crippen LogP contribution >= 0.6 is 15.2 Å². The van der Waals surface area contributed by atoms with Crippen molar-refractivity contribution in [1.29, 1.82) is 0 Å². The van der Waals surface area contributed by atoms with E-state index in [1.54, 1.807) is 0 Å². The molecule has 2 unspecified atom stereocenters. The average Bonchev–Trinajstić information content (AvgIpc) is 3.06. The molecule has 1 aliphatic heterocycles. The zero-order valence-electron chi connectivity index (χ0n) is 16.6. The van der Waals surface area contributed by atoms with Crippen LogP contribution in [0.15, 0.2) is 52.5 Å². The molecule has 4 atom stereocenters. The minimum Gasteiger partial charge on any atom is -0.390 e. The van der Waals surface area contributed by atoms with Gasteiger partial charge in [-0.05, 0) is 5.56 Å². The Balaban J connectivity index is 1.60. The first kappa shape index (κ1) is 24.6. The van der Waals surface area contributed by atoms with Gasteiger partial charge < -0.3 is 33.9 Å². The van der Waals surface area contributed by atoms with Crippen molar-refractivity contribution < 1.29 is 43.0 Å². The van der Waals surface area contributed by atoms with Gasteiger partial charge in [0.25, 0.3) is 0 Å². The van der Waals surface area contributed by atoms with Gasteiger partial charge in [-0.1, -0.05) is 35.5 Å². The Kier molecular flexibility index (Phi) is 7.86. The van der Waals surface area contributed by atoms with E-state index < -0.39 is 51.8 Å². The van der Waals surface area contributed by atoms with Gasteiger partial charge in [0.2, 0.25) is 0 Å². The van der Waals surface area contributed by atoms with Crippen molar-refractivity contribution in [3.8, 4) is 0 Å². The van der Waals surface area contributed by atoms with E-state index in [-0.39, 0.29) is 18.5 Å². The number of H-pyrrole nitrogens is 1. The molecule has 2 heterocycles. The first-order valence-electron chi connectivity index (χ1n) is 9.38. The molecule has 0 radical (unpaired) electrons. The van der Waals surface area contributed by atoms with Crippen molar-refractivity contribution in [2.75, 3.05) is 12.5 Å². The standard InChI is InChI=1S/C17H23N3O10P2/c21-13-8-16(30-14(13)10-29-32(26,27)11-31(23,24)25)20-7-6-15(18-17(20)22)19-28-9-12-4-2-1-3-5-12/h1-7,13-14,16,21H,8-11H2,(H,26,27)(H,18,19,22)(H2,23,24,25)/t13?,14-,16-/m1/s1. The summed E-state index contributed by atoms with van der Waals surface area (Å²) in [6.45, 7) is -0.376. The van der Waals surface area contributed by atoms with Crippen molar-refractivity contribution >= 4 is 15.2 Å². The van der Waals surface area contributed by atoms with Gasteiger partial charge in [0, 0.05) is 18.7 Å². The van der Waals surface area contributed by atoms with Crippen LogP contribution in [0.4, 0.5) is 0 Å². The van der Waals surface area contributed by atoms with Gasteiger partial charge in [-0.2, -0.15) is 0 Å². The topological polar surface area (TPSA) is 193 Å². The fraction of sp³-hybridized carbons (Fsp3) is 0.412. The molecule has 2 aromatic rings. The number of rotatable bonds is 9. The Morgan fingerprint density at radius 1 is 1.19 bits per heavy atom. The number of hydrogen-bond donors (Lipinski definition) is 5. The Morgan fingerprint density at radius 3 is 2.56 bits per heavy atom. The van der Waals surface area contributed by atoms with Gasteiger partial charge in [-0.3, -0.25) is 18.7 Å². The Morgan fingerprint density at radius 2 is 1.91 bits per heavy atom. The molecule has 13 nitrogen and oxygen atoms in total. The number of benzene rings is 1. The van der Waals surface area contributed by atoms with E-state index in [1.165, 1.54) is 12.3 Å². The van der Waals surface area contributed by atoms with Gasteiger partial charge in [-0.15, -0.1) is 0 Å². The van der Waals surface area contributed by atoms with Crippen molar-refractivity contribution in [3.63, 3.8) is 0 Å². The van der Waals surface area contributed by atoms with E-state index in [9.17, 15) is 23.9 Å². The first-order chi connectivity index (χ1) is 15.0. The lowest BCUT2D eigenvalue weighted by Crippen LogP contribution is -2.32. The first-order valence-corrected chi connectivity index (χ1v) is 12.9. The number of hydrogen-bond acceptors (Lipinski definition) is 8. The SMILES string of the molecule is O=c1[nH]/c(=N\OCc2ccccc2)ccn1[C@H]1CC(O)[C@@H](COP(=O)(O)CP(=O)(O)O)O1. The molecule has 5 N–H and O–H groups in total. The second kappa shape index (κ2) is 10.2. The number of nitrogens with zero attached hydrogens (tertiary/aromatic N) is 2. The third kappa shape index (κ3) is 7.22. The van der Waals surface area contributed by atoms with Crippen LogP contribution in [0.25, 0.3) is 0 Å². The molecule has 0 saturated carbocycles. The van der Waals surface area contributed by atoms with Crippen LogP contribution in [-0.4, -0.2) is 54.1 Å². The van der Waals surface area contributed by atoms with E-state index in [4.69, 9.17) is 19.4 Å². The lowest BCUT2D eigenvalue weighted by Gasteiger charge is -2.18. The fourth-order valence-corrected chi connectivity index (χ4v) is 5.53. The Labute approximate surface area is 181 Å². The molecule has 1 fully saturated rings. The highest BCUT2D eigenvalue weighted by Gasteiger charge is 2.38. The van der Waals surface area contributed by atoms with Crippen molar-refractivity contribution in [2.45, 2.75) is 31.5 Å². The molecule has 1 aliphatic rings. The minimum atomic E-state index is -4.77. The molecule has 15 heteroatoms. The highest BCUT2D eigenvalue weighted by Crippen LogP contribution is 2.55. The van der Waals surface area contributed by atoms with Gasteiger partial charge in [-0.25, -0.2) is 4.79 Å². The summed E-state index contributed by atoms with van der Waals surface area (Å²) >= 11 is 0. The molecule has 0 bridgehead atoms. The summed E-state index contributed by atoms with van der Waals surface area (Å²) < 4.78 is 34.0. The summed E-state index contributed by atoms with van der Waals surface area (Å²) in [4.78, 5) is 47.2. The normalized spacial score (nSPS) is 23.8. The maximum absolute atomic E-state index is 12.4. The molecule has 32 heavy (non-hydrogen) atoms. The zero-order valence-corrected chi connectivity index (χ0v) is 18.4. The lowest BCUT2D eigenvalue weighted by atomic mass is 10.2. The van der Waals surface area contributed by atoms with Crippen LogP contribution < -0.4 is 11.2 Å². The van der Waals surface area contributed by atoms with Crippen LogP contribution in [0.5, 0.6) is 0 Å². The summed E-state index contributed by atoms with van der Waals surface area (Å²) in [6.07, 6.45) is -1.75. The van der Waals surface area contributed by atoms with E-state index in [1.807, 2.05) is 30.3 Å². The van der Waals surface area contributed by atoms with E-state index in [0.717, 1.165) is 10.1 Å². The number of ether oxygens (including phenoxy) is 1. The molecule has 1 aromatic carbocycles. The summed E-state index contributed by atoms with van der Waals surface area (Å²) in [5, 5.41) is 14.0. The van der Waals surface area contributed by atoms with Crippen LogP contribution in [0.3, 0.4) is 0 Å². The predicted molar refractivity (Wildman–Crippen MR) is 109 cm³/mol. The zero-order chi connectivity index (χ0) is 23.4. The van der Waals surface area contributed by atoms with E-state index >= 15 is 0 Å². The van der Waals surface area contributed by atoms with Gasteiger partial charge >= 0.3 is 20.9 Å². The van der Waals surface area contributed by atoms with Crippen molar-refractivity contribution in [1.82, 2.24) is 9.55 Å². The van der Waals surface area contributed by atoms with Crippen LogP contribution in [-0.2, 0) is 29.8 Å². The van der Waals surface area contributed by atoms with E-state index in [0.29, 0.717) is 0 Å². The number of aromatic amines is 1. The molecule has 1 aromatic heterocycles. The molecule has 0 amide bonds. The summed E-state index contributed by atoms with van der Waals surface area (Å²) in [5.74, 6) is -1.35. The number of nitrogens with one attached hydrogen (secondary N) is 1. The minimum absolute atomic E-state index is 0.0169. The molecule has 1 saturated heterocycles. The Hall–Kier alpha value is -2.08. The van der Waals surface area contributed by atoms with Gasteiger partial charge in [0.1, 0.15) is 18.9 Å². The van der Waals surface area contributed by atoms with Crippen LogP contribution in [0.1, 0.15) is 18.2 Å². The highest BCUT2D eigenvalue weighted by molar-refractivity contribution is 7.70. The third-order valence-corrected chi connectivity index (χ3v) is 7.87. The third-order valence-electron chi connectivity index (χ3n) is 4.42. The van der Waals surface area contributed by atoms with Gasteiger partial charge in [0.05, 0.1) is 12.7 Å². The Bertz CT molecular complexity index is 1130. The fourth-order valence-electron chi connectivity index (χ4n) is 2.96. The van der Waals surface area contributed by atoms with E-state index in [2.05, 4.69) is 14.7 Å². The highest BCUT2D eigenvalue weighted by atomic mass is 31.2.